The summed E-state index contributed by atoms with van der Waals surface area (Å²) in [5.74, 6) is 0.898. The van der Waals surface area contributed by atoms with Gasteiger partial charge < -0.3 is 0 Å². The Labute approximate surface area is 121 Å². The van der Waals surface area contributed by atoms with Gasteiger partial charge in [0.25, 0.3) is 0 Å². The molecule has 0 radical (unpaired) electrons. The highest BCUT2D eigenvalue weighted by molar-refractivity contribution is 5.61. The number of allylic oxidation sites excluding steroid dienone is 1. The van der Waals surface area contributed by atoms with Crippen molar-refractivity contribution >= 4 is 5.57 Å². The molecule has 0 spiro atoms. The SMILES string of the molecule is C=C(c1nc2n(n1)C(c1ccccc1F)CC2F)C1CC1. The number of aromatic nitrogens is 3. The van der Waals surface area contributed by atoms with Crippen molar-refractivity contribution in [1.82, 2.24) is 14.8 Å². The molecule has 2 heterocycles. The van der Waals surface area contributed by atoms with Crippen molar-refractivity contribution in [3.8, 4) is 0 Å². The maximum absolute atomic E-state index is 14.2. The third-order valence-corrected chi connectivity index (χ3v) is 4.28. The summed E-state index contributed by atoms with van der Waals surface area (Å²) in [7, 11) is 0. The van der Waals surface area contributed by atoms with Crippen LogP contribution in [0.4, 0.5) is 8.78 Å². The highest BCUT2D eigenvalue weighted by Crippen LogP contribution is 2.43. The minimum absolute atomic E-state index is 0.187. The molecule has 1 aromatic heterocycles. The first-order valence-corrected chi connectivity index (χ1v) is 7.19. The van der Waals surface area contributed by atoms with Gasteiger partial charge in [0, 0.05) is 12.0 Å². The van der Waals surface area contributed by atoms with E-state index in [9.17, 15) is 8.78 Å². The molecule has 1 aliphatic carbocycles. The summed E-state index contributed by atoms with van der Waals surface area (Å²) in [6.07, 6.45) is 1.17. The molecule has 2 aromatic rings. The Kier molecular flexibility index (Phi) is 2.71. The lowest BCUT2D eigenvalue weighted by Gasteiger charge is -2.12. The Morgan fingerprint density at radius 1 is 1.29 bits per heavy atom. The van der Waals surface area contributed by atoms with Crippen LogP contribution in [0.2, 0.25) is 0 Å². The van der Waals surface area contributed by atoms with Crippen molar-refractivity contribution in [1.29, 1.82) is 0 Å². The van der Waals surface area contributed by atoms with Crippen LogP contribution in [0, 0.1) is 11.7 Å². The summed E-state index contributed by atoms with van der Waals surface area (Å²) in [6, 6.07) is 6.03. The average Bonchev–Trinajstić information content (AvgIpc) is 3.15. The van der Waals surface area contributed by atoms with E-state index >= 15 is 0 Å². The lowest BCUT2D eigenvalue weighted by atomic mass is 10.0. The van der Waals surface area contributed by atoms with Gasteiger partial charge >= 0.3 is 0 Å². The second-order valence-electron chi connectivity index (χ2n) is 5.78. The number of benzene rings is 1. The Bertz CT molecular complexity index is 718. The predicted molar refractivity (Wildman–Crippen MR) is 74.8 cm³/mol. The summed E-state index contributed by atoms with van der Waals surface area (Å²) in [5.41, 5.74) is 1.34. The van der Waals surface area contributed by atoms with Crippen LogP contribution in [-0.4, -0.2) is 14.8 Å². The van der Waals surface area contributed by atoms with Crippen molar-refractivity contribution in [3.63, 3.8) is 0 Å². The molecule has 108 valence electrons. The van der Waals surface area contributed by atoms with Crippen LogP contribution in [0.25, 0.3) is 5.57 Å². The van der Waals surface area contributed by atoms with E-state index in [1.807, 2.05) is 0 Å². The molecular weight excluding hydrogens is 272 g/mol. The first kappa shape index (κ1) is 12.7. The van der Waals surface area contributed by atoms with Crippen LogP contribution in [0.3, 0.4) is 0 Å². The topological polar surface area (TPSA) is 30.7 Å². The number of alkyl halides is 1. The van der Waals surface area contributed by atoms with Crippen molar-refractivity contribution in [2.75, 3.05) is 0 Å². The van der Waals surface area contributed by atoms with Gasteiger partial charge in [-0.1, -0.05) is 24.8 Å². The highest BCUT2D eigenvalue weighted by atomic mass is 19.1. The van der Waals surface area contributed by atoms with Gasteiger partial charge in [0.15, 0.2) is 17.8 Å². The molecule has 0 amide bonds. The van der Waals surface area contributed by atoms with Crippen molar-refractivity contribution in [2.45, 2.75) is 31.5 Å². The van der Waals surface area contributed by atoms with E-state index in [2.05, 4.69) is 16.7 Å². The third kappa shape index (κ3) is 1.99. The van der Waals surface area contributed by atoms with Crippen LogP contribution < -0.4 is 0 Å². The molecule has 3 nitrogen and oxygen atoms in total. The van der Waals surface area contributed by atoms with Gasteiger partial charge in [-0.15, -0.1) is 0 Å². The molecule has 1 fully saturated rings. The number of hydrogen-bond donors (Lipinski definition) is 0. The number of hydrogen-bond acceptors (Lipinski definition) is 2. The van der Waals surface area contributed by atoms with Gasteiger partial charge in [-0.3, -0.25) is 0 Å². The van der Waals surface area contributed by atoms with Gasteiger partial charge in [-0.05, 0) is 30.4 Å². The van der Waals surface area contributed by atoms with E-state index in [0.717, 1.165) is 18.4 Å². The molecule has 0 saturated heterocycles. The molecule has 1 saturated carbocycles. The largest absolute Gasteiger partial charge is 0.239 e. The minimum atomic E-state index is -1.21. The second-order valence-corrected chi connectivity index (χ2v) is 5.78. The molecule has 1 aromatic carbocycles. The zero-order chi connectivity index (χ0) is 14.6. The summed E-state index contributed by atoms with van der Waals surface area (Å²) >= 11 is 0. The maximum atomic E-state index is 14.2. The first-order chi connectivity index (χ1) is 10.1. The quantitative estimate of drug-likeness (QED) is 0.858. The van der Waals surface area contributed by atoms with E-state index in [4.69, 9.17) is 0 Å². The van der Waals surface area contributed by atoms with Crippen molar-refractivity contribution in [3.05, 3.63) is 53.9 Å². The molecule has 2 atom stereocenters. The first-order valence-electron chi connectivity index (χ1n) is 7.19. The number of halogens is 2. The third-order valence-electron chi connectivity index (χ3n) is 4.28. The monoisotopic (exact) mass is 287 g/mol. The number of rotatable bonds is 3. The molecule has 5 heteroatoms. The Balaban J connectivity index is 1.75. The van der Waals surface area contributed by atoms with Gasteiger partial charge in [0.05, 0.1) is 6.04 Å². The molecule has 2 aliphatic rings. The van der Waals surface area contributed by atoms with Crippen LogP contribution in [0.15, 0.2) is 30.8 Å². The number of nitrogens with zero attached hydrogens (tertiary/aromatic N) is 3. The van der Waals surface area contributed by atoms with Gasteiger partial charge in [0.2, 0.25) is 0 Å². The second kappa shape index (κ2) is 4.48. The minimum Gasteiger partial charge on any atom is -0.239 e. The summed E-state index contributed by atoms with van der Waals surface area (Å²) in [5, 5.41) is 4.40. The van der Waals surface area contributed by atoms with Gasteiger partial charge in [0.1, 0.15) is 5.82 Å². The lowest BCUT2D eigenvalue weighted by molar-refractivity contribution is 0.327. The van der Waals surface area contributed by atoms with Crippen LogP contribution in [0.1, 0.15) is 48.7 Å². The molecule has 0 bridgehead atoms. The average molecular weight is 287 g/mol. The highest BCUT2D eigenvalue weighted by Gasteiger charge is 2.38. The van der Waals surface area contributed by atoms with Crippen LogP contribution in [-0.2, 0) is 0 Å². The molecule has 2 unspecified atom stereocenters. The molecule has 0 N–H and O–H groups in total. The van der Waals surface area contributed by atoms with E-state index in [0.29, 0.717) is 23.1 Å². The van der Waals surface area contributed by atoms with E-state index in [1.165, 1.54) is 10.7 Å². The summed E-state index contributed by atoms with van der Waals surface area (Å²) in [4.78, 5) is 4.29. The fourth-order valence-corrected chi connectivity index (χ4v) is 2.93. The zero-order valence-corrected chi connectivity index (χ0v) is 11.5. The van der Waals surface area contributed by atoms with Gasteiger partial charge in [-0.2, -0.15) is 5.10 Å². The van der Waals surface area contributed by atoms with E-state index < -0.39 is 12.2 Å². The Morgan fingerprint density at radius 3 is 2.76 bits per heavy atom. The standard InChI is InChI=1S/C16H15F2N3/c1-9(10-6-7-10)15-19-16-13(18)8-14(21(16)20-15)11-4-2-3-5-12(11)17/h2-5,10,13-14H,1,6-8H2. The summed E-state index contributed by atoms with van der Waals surface area (Å²) < 4.78 is 29.7. The Morgan fingerprint density at radius 2 is 2.05 bits per heavy atom. The predicted octanol–water partition coefficient (Wildman–Crippen LogP) is 3.84. The number of fused-ring (bicyclic) bond motifs is 1. The molecular formula is C16H15F2N3. The van der Waals surface area contributed by atoms with Gasteiger partial charge in [-0.25, -0.2) is 18.4 Å². The molecule has 4 rings (SSSR count). The molecule has 1 aliphatic heterocycles. The van der Waals surface area contributed by atoms with Crippen LogP contribution in [0.5, 0.6) is 0 Å². The smallest absolute Gasteiger partial charge is 0.177 e. The maximum Gasteiger partial charge on any atom is 0.177 e. The Hall–Kier alpha value is -2.04. The van der Waals surface area contributed by atoms with E-state index in [-0.39, 0.29) is 12.2 Å². The van der Waals surface area contributed by atoms with Crippen molar-refractivity contribution in [2.24, 2.45) is 5.92 Å². The molecule has 21 heavy (non-hydrogen) atoms. The fourth-order valence-electron chi connectivity index (χ4n) is 2.93. The van der Waals surface area contributed by atoms with Crippen molar-refractivity contribution < 1.29 is 8.78 Å². The lowest BCUT2D eigenvalue weighted by Crippen LogP contribution is -2.09. The van der Waals surface area contributed by atoms with Crippen LogP contribution >= 0.6 is 0 Å². The normalized spacial score (nSPS) is 24.1. The fraction of sp³-hybridized carbons (Fsp3) is 0.375. The zero-order valence-electron chi connectivity index (χ0n) is 11.5. The van der Waals surface area contributed by atoms with E-state index in [1.54, 1.807) is 18.2 Å². The summed E-state index contributed by atoms with van der Waals surface area (Å²) in [6.45, 7) is 4.01.